The van der Waals surface area contributed by atoms with Gasteiger partial charge in [-0.3, -0.25) is 62.5 Å². The molecule has 0 bridgehead atoms. The number of rotatable bonds is 31. The van der Waals surface area contributed by atoms with Crippen molar-refractivity contribution < 1.29 is 96.8 Å². The number of aromatic nitrogens is 2. The Morgan fingerprint density at radius 2 is 1.26 bits per heavy atom. The SMILES string of the molecule is CC[C@H](C)[C@H](N)C1=N[C@H](C(=O)N[C@@H](CC(C)C)C(=O)N[C@H](CCC(=O)[O-])C(=O)N[C@H](C(=O)N[C@H]2CCCCNC(=O)[C@H](CC(N)=O)NC(=O)[C@@H](CC(=O)[O-])NC(=O)[C@H](Cc3cnc[nH]3)NC(=O)[C@@H](Cc3ccccc3)NC(=O)[C@H]([C@@H](C)CC)NC(=O)[C@@H](CCCN)NC2=O)[C@@H](C)CC)CS1.[Zn+2]. The second kappa shape index (κ2) is 44.1. The molecule has 0 radical (unpaired) electrons. The second-order valence-corrected chi connectivity index (χ2v) is 27.0. The van der Waals surface area contributed by atoms with Crippen LogP contribution in [0.3, 0.4) is 0 Å². The molecule has 2 aromatic rings. The summed E-state index contributed by atoms with van der Waals surface area (Å²) < 4.78 is 0. The fourth-order valence-corrected chi connectivity index (χ4v) is 12.0. The van der Waals surface area contributed by atoms with E-state index in [4.69, 9.17) is 17.2 Å². The van der Waals surface area contributed by atoms with Gasteiger partial charge in [0.2, 0.25) is 70.9 Å². The van der Waals surface area contributed by atoms with Crippen LogP contribution in [0.1, 0.15) is 150 Å². The Bertz CT molecular complexity index is 3170. The van der Waals surface area contributed by atoms with Gasteiger partial charge in [-0.25, -0.2) is 4.98 Å². The van der Waals surface area contributed by atoms with Crippen molar-refractivity contribution in [3.8, 4) is 0 Å². The van der Waals surface area contributed by atoms with Crippen LogP contribution >= 0.6 is 11.8 Å². The van der Waals surface area contributed by atoms with Crippen LogP contribution in [0.15, 0.2) is 47.8 Å². The van der Waals surface area contributed by atoms with E-state index in [-0.39, 0.29) is 120 Å². The molecule has 1 saturated heterocycles. The Labute approximate surface area is 605 Å². The van der Waals surface area contributed by atoms with E-state index in [9.17, 15) is 77.3 Å². The Morgan fingerprint density at radius 1 is 0.663 bits per heavy atom. The first kappa shape index (κ1) is 86.8. The van der Waals surface area contributed by atoms with E-state index >= 15 is 0 Å². The van der Waals surface area contributed by atoms with Crippen molar-refractivity contribution in [3.05, 3.63) is 54.1 Å². The second-order valence-electron chi connectivity index (χ2n) is 25.9. The van der Waals surface area contributed by atoms with Crippen molar-refractivity contribution >= 4 is 99.6 Å². The third kappa shape index (κ3) is 29.2. The number of thioether (sulfide) groups is 1. The van der Waals surface area contributed by atoms with Crippen LogP contribution in [-0.4, -0.2) is 189 Å². The molecule has 2 aliphatic heterocycles. The molecule has 0 aliphatic carbocycles. The number of amides is 12. The van der Waals surface area contributed by atoms with Crippen molar-refractivity contribution in [2.45, 2.75) is 224 Å². The van der Waals surface area contributed by atoms with Gasteiger partial charge in [-0.2, -0.15) is 0 Å². The average Bonchev–Trinajstić information content (AvgIpc) is 1.83. The van der Waals surface area contributed by atoms with E-state index in [1.54, 1.807) is 71.9 Å². The molecular weight excluding hydrogens is 1380 g/mol. The number of hydrogen-bond donors (Lipinski definition) is 15. The number of hydrogen-bond acceptors (Lipinski definition) is 21. The minimum atomic E-state index is -2.01. The number of carbonyl (C=O) groups is 14. The smallest absolute Gasteiger partial charge is 0.550 e. The first-order valence-electron chi connectivity index (χ1n) is 34.1. The third-order valence-electron chi connectivity index (χ3n) is 17.5. The van der Waals surface area contributed by atoms with Gasteiger partial charge in [0.15, 0.2) is 0 Å². The van der Waals surface area contributed by atoms with Gasteiger partial charge in [-0.05, 0) is 87.1 Å². The van der Waals surface area contributed by atoms with Crippen LogP contribution in [0.2, 0.25) is 0 Å². The molecule has 35 heteroatoms. The van der Waals surface area contributed by atoms with Crippen LogP contribution in [0, 0.1) is 23.7 Å². The number of aliphatic carboxylic acids is 2. The van der Waals surface area contributed by atoms with Crippen molar-refractivity contribution in [1.29, 1.82) is 0 Å². The maximum absolute atomic E-state index is 14.9. The van der Waals surface area contributed by atoms with Gasteiger partial charge in [0.05, 0.1) is 23.8 Å². The summed E-state index contributed by atoms with van der Waals surface area (Å²) in [7, 11) is 0. The number of H-pyrrole nitrogens is 1. The predicted octanol–water partition coefficient (Wildman–Crippen LogP) is -4.35. The van der Waals surface area contributed by atoms with Crippen molar-refractivity contribution in [2.75, 3.05) is 18.8 Å². The molecule has 4 rings (SSSR count). The minimum Gasteiger partial charge on any atom is -0.550 e. The van der Waals surface area contributed by atoms with Gasteiger partial charge in [0.1, 0.15) is 66.5 Å². The molecule has 2 aliphatic rings. The molecule has 554 valence electrons. The number of carboxylic acids is 2. The molecule has 33 nitrogen and oxygen atoms in total. The average molecular weight is 1490 g/mol. The van der Waals surface area contributed by atoms with Crippen LogP contribution in [0.4, 0.5) is 0 Å². The molecule has 12 amide bonds. The summed E-state index contributed by atoms with van der Waals surface area (Å²) in [5, 5.41) is 53.2. The zero-order chi connectivity index (χ0) is 74.3. The summed E-state index contributed by atoms with van der Waals surface area (Å²) in [5.74, 6) is -16.2. The summed E-state index contributed by atoms with van der Waals surface area (Å²) in [5.41, 5.74) is 18.7. The van der Waals surface area contributed by atoms with Gasteiger partial charge in [0, 0.05) is 55.4 Å². The number of imidazole rings is 1. The molecule has 3 heterocycles. The quantitative estimate of drug-likeness (QED) is 0.0317. The van der Waals surface area contributed by atoms with Crippen molar-refractivity contribution in [1.82, 2.24) is 68.5 Å². The number of nitrogens with zero attached hydrogens (tertiary/aromatic N) is 2. The van der Waals surface area contributed by atoms with Gasteiger partial charge in [-0.15, -0.1) is 11.8 Å². The van der Waals surface area contributed by atoms with Gasteiger partial charge in [-0.1, -0.05) is 105 Å². The number of aromatic amines is 1. The molecule has 101 heavy (non-hydrogen) atoms. The predicted molar refractivity (Wildman–Crippen MR) is 364 cm³/mol. The molecule has 0 saturated carbocycles. The molecule has 0 spiro atoms. The monoisotopic (exact) mass is 1480 g/mol. The Balaban J connectivity index is 0.0000265. The van der Waals surface area contributed by atoms with E-state index in [0.29, 0.717) is 10.6 Å². The summed E-state index contributed by atoms with van der Waals surface area (Å²) in [6.45, 7) is 14.0. The topological polar surface area (TPSA) is 537 Å². The number of primary amides is 1. The molecule has 1 aromatic carbocycles. The summed E-state index contributed by atoms with van der Waals surface area (Å²) in [4.78, 5) is 206. The molecule has 0 unspecified atom stereocenters. The molecule has 18 N–H and O–H groups in total. The summed E-state index contributed by atoms with van der Waals surface area (Å²) in [6.07, 6.45) is -0.0833. The number of nitrogens with one attached hydrogen (secondary N) is 12. The maximum atomic E-state index is 14.9. The largest absolute Gasteiger partial charge is 2.00 e. The fraction of sp³-hybridized carbons (Fsp3) is 0.636. The van der Waals surface area contributed by atoms with E-state index in [1.807, 2.05) is 13.8 Å². The number of carboxylic acid groups (broad SMARTS) is 2. The zero-order valence-electron chi connectivity index (χ0n) is 58.8. The van der Waals surface area contributed by atoms with Crippen molar-refractivity contribution in [3.63, 3.8) is 0 Å². The van der Waals surface area contributed by atoms with E-state index in [0.717, 1.165) is 6.42 Å². The summed E-state index contributed by atoms with van der Waals surface area (Å²) in [6, 6.07) is -8.63. The van der Waals surface area contributed by atoms with Crippen LogP contribution in [-0.2, 0) is 99.4 Å². The van der Waals surface area contributed by atoms with E-state index < -0.39 is 193 Å². The number of nitrogens with two attached hydrogens (primary N) is 3. The first-order chi connectivity index (χ1) is 47.4. The van der Waals surface area contributed by atoms with Crippen LogP contribution < -0.4 is 85.9 Å². The zero-order valence-corrected chi connectivity index (χ0v) is 62.6. The first-order valence-corrected chi connectivity index (χ1v) is 35.0. The van der Waals surface area contributed by atoms with E-state index in [1.165, 1.54) is 24.3 Å². The Hall–Kier alpha value is -8.43. The van der Waals surface area contributed by atoms with Gasteiger partial charge >= 0.3 is 19.5 Å². The molecule has 15 atom stereocenters. The summed E-state index contributed by atoms with van der Waals surface area (Å²) >= 11 is 1.34. The van der Waals surface area contributed by atoms with Gasteiger partial charge in [0.25, 0.3) is 0 Å². The molecule has 1 fully saturated rings. The Kier molecular flexibility index (Phi) is 37.9. The van der Waals surface area contributed by atoms with Crippen molar-refractivity contribution in [2.24, 2.45) is 45.9 Å². The molecular formula is C66H101N17O16SZn. The number of aliphatic imine (C=N–C) groups is 1. The molecule has 1 aromatic heterocycles. The third-order valence-corrected chi connectivity index (χ3v) is 18.6. The minimum absolute atomic E-state index is 0. The Morgan fingerprint density at radius 3 is 1.84 bits per heavy atom. The standard InChI is InChI=1S/C66H103N17O16S.Zn/c1-9-35(6)52(69)66-81-48(32-100-66)63(97)76-43(26-34(4)5)59(93)74-42(22-23-50(85)86)58(92)83-53(36(7)10-2)64(98)75-40-20-15-16-25-71-55(89)46(29-49(68)84)78-62(96)47(30-51(87)88)79-61(95)45(28-39-31-70-33-72-39)77-60(94)44(27-38-18-13-12-14-19-38)80-65(99)54(37(8)11-3)82-57(91)41(21-17-24-67)73-56(40)90;/h12-14,18-19,31,33-37,40-48,52-54H,9-11,15-17,20-30,32,67,69H2,1-8H3,(H2,68,84)(H,70,72)(H,71,89)(H,73,90)(H,74,93)(H,75,98)(H,76,97)(H,77,94)(H,78,96)(H,79,95)(H,80,99)(H,82,91)(H,83,92)(H,85,86)(H,87,88);/q;+2/p-2/t35-,36-,37-,40-,41+,42+,43-,44+,45-,46-,47+,48-,52-,53-,54-;/m0./s1. The van der Waals surface area contributed by atoms with Crippen LogP contribution in [0.25, 0.3) is 0 Å². The van der Waals surface area contributed by atoms with Gasteiger partial charge < -0.3 is 100 Å². The fourth-order valence-electron chi connectivity index (χ4n) is 10.8. The number of benzene rings is 1. The number of carbonyl (C=O) groups excluding carboxylic acids is 14. The van der Waals surface area contributed by atoms with Crippen LogP contribution in [0.5, 0.6) is 0 Å². The normalized spacial score (nSPS) is 22.9. The maximum Gasteiger partial charge on any atom is 2.00 e. The van der Waals surface area contributed by atoms with E-state index in [2.05, 4.69) is 73.4 Å².